The molecule has 19 heavy (non-hydrogen) atoms. The lowest BCUT2D eigenvalue weighted by molar-refractivity contribution is 0.163. The third kappa shape index (κ3) is 3.90. The number of aliphatic hydroxyl groups is 1. The van der Waals surface area contributed by atoms with Gasteiger partial charge in [0.2, 0.25) is 0 Å². The van der Waals surface area contributed by atoms with Gasteiger partial charge in [0.25, 0.3) is 0 Å². The van der Waals surface area contributed by atoms with Gasteiger partial charge < -0.3 is 10.0 Å². The molecule has 1 N–H and O–H groups in total. The van der Waals surface area contributed by atoms with Gasteiger partial charge in [0.1, 0.15) is 5.15 Å². The average molecular weight is 279 g/mol. The summed E-state index contributed by atoms with van der Waals surface area (Å²) in [4.78, 5) is 6.56. The van der Waals surface area contributed by atoms with Crippen molar-refractivity contribution in [2.75, 3.05) is 13.6 Å². The number of rotatable bonds is 5. The van der Waals surface area contributed by atoms with Crippen LogP contribution in [0.3, 0.4) is 0 Å². The number of halogens is 1. The molecule has 1 atom stereocenters. The summed E-state index contributed by atoms with van der Waals surface area (Å²) in [5.74, 6) is 0. The number of fused-ring (bicyclic) bond motifs is 1. The molecule has 0 amide bonds. The van der Waals surface area contributed by atoms with E-state index in [0.29, 0.717) is 5.15 Å². The monoisotopic (exact) mass is 278 g/mol. The summed E-state index contributed by atoms with van der Waals surface area (Å²) in [5, 5.41) is 11.0. The van der Waals surface area contributed by atoms with E-state index in [1.807, 2.05) is 31.3 Å². The SMILES string of the molecule is CC(O)CCN(C)Cc1cc2ccccc2nc1Cl. The van der Waals surface area contributed by atoms with Gasteiger partial charge in [-0.3, -0.25) is 0 Å². The lowest BCUT2D eigenvalue weighted by Gasteiger charge is -2.18. The number of benzene rings is 1. The summed E-state index contributed by atoms with van der Waals surface area (Å²) in [6.07, 6.45) is 0.488. The molecular weight excluding hydrogens is 260 g/mol. The Morgan fingerprint density at radius 1 is 1.37 bits per heavy atom. The molecular formula is C15H19ClN2O. The predicted molar refractivity (Wildman–Crippen MR) is 79.4 cm³/mol. The Balaban J connectivity index is 2.13. The van der Waals surface area contributed by atoms with Crippen molar-refractivity contribution in [3.63, 3.8) is 0 Å². The first-order valence-corrected chi connectivity index (χ1v) is 6.85. The highest BCUT2D eigenvalue weighted by atomic mass is 35.5. The van der Waals surface area contributed by atoms with Gasteiger partial charge in [-0.05, 0) is 32.5 Å². The highest BCUT2D eigenvalue weighted by Crippen LogP contribution is 2.21. The van der Waals surface area contributed by atoms with Gasteiger partial charge in [-0.2, -0.15) is 0 Å². The van der Waals surface area contributed by atoms with E-state index in [9.17, 15) is 5.11 Å². The van der Waals surface area contributed by atoms with Crippen LogP contribution < -0.4 is 0 Å². The maximum absolute atomic E-state index is 9.30. The zero-order chi connectivity index (χ0) is 13.8. The molecule has 0 saturated carbocycles. The number of aliphatic hydroxyl groups excluding tert-OH is 1. The van der Waals surface area contributed by atoms with E-state index >= 15 is 0 Å². The second-order valence-corrected chi connectivity index (χ2v) is 5.36. The minimum atomic E-state index is -0.271. The van der Waals surface area contributed by atoms with Gasteiger partial charge in [0.15, 0.2) is 0 Å². The molecule has 0 bridgehead atoms. The standard InChI is InChI=1S/C15H19ClN2O/c1-11(19)7-8-18(2)10-13-9-12-5-3-4-6-14(12)17-15(13)16/h3-6,9,11,19H,7-8,10H2,1-2H3. The van der Waals surface area contributed by atoms with Crippen LogP contribution in [0.4, 0.5) is 0 Å². The first-order chi connectivity index (χ1) is 9.06. The van der Waals surface area contributed by atoms with Crippen LogP contribution in [0.25, 0.3) is 10.9 Å². The van der Waals surface area contributed by atoms with E-state index in [1.165, 1.54) is 0 Å². The van der Waals surface area contributed by atoms with Crippen LogP contribution in [0, 0.1) is 0 Å². The summed E-state index contributed by atoms with van der Waals surface area (Å²) in [6.45, 7) is 3.38. The minimum absolute atomic E-state index is 0.271. The molecule has 2 aromatic rings. The van der Waals surface area contributed by atoms with E-state index in [1.54, 1.807) is 6.92 Å². The molecule has 1 unspecified atom stereocenters. The topological polar surface area (TPSA) is 36.4 Å². The Bertz CT molecular complexity index is 557. The van der Waals surface area contributed by atoms with Crippen molar-refractivity contribution in [3.05, 3.63) is 41.0 Å². The quantitative estimate of drug-likeness (QED) is 0.854. The van der Waals surface area contributed by atoms with Crippen molar-refractivity contribution in [3.8, 4) is 0 Å². The second-order valence-electron chi connectivity index (χ2n) is 5.01. The zero-order valence-corrected chi connectivity index (χ0v) is 12.1. The zero-order valence-electron chi connectivity index (χ0n) is 11.3. The van der Waals surface area contributed by atoms with Crippen molar-refractivity contribution < 1.29 is 5.11 Å². The van der Waals surface area contributed by atoms with Crippen molar-refractivity contribution >= 4 is 22.5 Å². The van der Waals surface area contributed by atoms with Gasteiger partial charge in [0.05, 0.1) is 11.6 Å². The third-order valence-electron chi connectivity index (χ3n) is 3.12. The van der Waals surface area contributed by atoms with Gasteiger partial charge in [-0.15, -0.1) is 0 Å². The first-order valence-electron chi connectivity index (χ1n) is 6.47. The second kappa shape index (κ2) is 6.33. The fourth-order valence-corrected chi connectivity index (χ4v) is 2.23. The van der Waals surface area contributed by atoms with E-state index in [4.69, 9.17) is 11.6 Å². The molecule has 1 heterocycles. The van der Waals surface area contributed by atoms with Crippen molar-refractivity contribution in [1.29, 1.82) is 0 Å². The molecule has 0 aliphatic rings. The van der Waals surface area contributed by atoms with E-state index in [-0.39, 0.29) is 6.10 Å². The molecule has 0 spiro atoms. The van der Waals surface area contributed by atoms with Gasteiger partial charge >= 0.3 is 0 Å². The summed E-state index contributed by atoms with van der Waals surface area (Å²) >= 11 is 6.22. The normalized spacial score (nSPS) is 13.1. The minimum Gasteiger partial charge on any atom is -0.393 e. The lowest BCUT2D eigenvalue weighted by atomic mass is 10.1. The van der Waals surface area contributed by atoms with E-state index in [2.05, 4.69) is 16.0 Å². The largest absolute Gasteiger partial charge is 0.393 e. The Kier molecular flexibility index (Phi) is 4.75. The van der Waals surface area contributed by atoms with Crippen LogP contribution in [-0.2, 0) is 6.54 Å². The predicted octanol–water partition coefficient (Wildman–Crippen LogP) is 3.09. The van der Waals surface area contributed by atoms with Crippen LogP contribution in [0.15, 0.2) is 30.3 Å². The molecule has 3 nitrogen and oxygen atoms in total. The molecule has 0 fully saturated rings. The Morgan fingerprint density at radius 2 is 2.11 bits per heavy atom. The maximum Gasteiger partial charge on any atom is 0.134 e. The van der Waals surface area contributed by atoms with Crippen LogP contribution >= 0.6 is 11.6 Å². The fraction of sp³-hybridized carbons (Fsp3) is 0.400. The number of nitrogens with zero attached hydrogens (tertiary/aromatic N) is 2. The molecule has 1 aromatic carbocycles. The van der Waals surface area contributed by atoms with Gasteiger partial charge in [-0.1, -0.05) is 29.8 Å². The number of aromatic nitrogens is 1. The molecule has 102 valence electrons. The lowest BCUT2D eigenvalue weighted by Crippen LogP contribution is -2.22. The fourth-order valence-electron chi connectivity index (χ4n) is 2.02. The van der Waals surface area contributed by atoms with Crippen LogP contribution in [0.1, 0.15) is 18.9 Å². The molecule has 0 aliphatic heterocycles. The molecule has 0 saturated heterocycles. The highest BCUT2D eigenvalue weighted by molar-refractivity contribution is 6.30. The average Bonchev–Trinajstić information content (AvgIpc) is 2.37. The van der Waals surface area contributed by atoms with Gasteiger partial charge in [0, 0.05) is 24.0 Å². The molecule has 0 aliphatic carbocycles. The summed E-state index contributed by atoms with van der Waals surface area (Å²) in [6, 6.07) is 10.0. The number of hydrogen-bond donors (Lipinski definition) is 1. The molecule has 1 aromatic heterocycles. The van der Waals surface area contributed by atoms with Crippen molar-refractivity contribution in [2.45, 2.75) is 26.0 Å². The van der Waals surface area contributed by atoms with Crippen LogP contribution in [0.2, 0.25) is 5.15 Å². The number of hydrogen-bond acceptors (Lipinski definition) is 3. The van der Waals surface area contributed by atoms with E-state index in [0.717, 1.165) is 36.0 Å². The summed E-state index contributed by atoms with van der Waals surface area (Å²) in [7, 11) is 2.02. The third-order valence-corrected chi connectivity index (χ3v) is 3.45. The van der Waals surface area contributed by atoms with Crippen LogP contribution in [0.5, 0.6) is 0 Å². The Morgan fingerprint density at radius 3 is 2.84 bits per heavy atom. The summed E-state index contributed by atoms with van der Waals surface area (Å²) in [5.41, 5.74) is 1.94. The highest BCUT2D eigenvalue weighted by Gasteiger charge is 2.08. The Labute approximate surface area is 118 Å². The van der Waals surface area contributed by atoms with Crippen LogP contribution in [-0.4, -0.2) is 34.7 Å². The molecule has 4 heteroatoms. The molecule has 2 rings (SSSR count). The number of pyridine rings is 1. The first kappa shape index (κ1) is 14.3. The maximum atomic E-state index is 9.30. The van der Waals surface area contributed by atoms with Gasteiger partial charge in [-0.25, -0.2) is 4.98 Å². The van der Waals surface area contributed by atoms with Crippen molar-refractivity contribution in [1.82, 2.24) is 9.88 Å². The number of para-hydroxylation sites is 1. The molecule has 0 radical (unpaired) electrons. The summed E-state index contributed by atoms with van der Waals surface area (Å²) < 4.78 is 0. The van der Waals surface area contributed by atoms with Crippen molar-refractivity contribution in [2.24, 2.45) is 0 Å². The Hall–Kier alpha value is -1.16. The smallest absolute Gasteiger partial charge is 0.134 e. The van der Waals surface area contributed by atoms with E-state index < -0.39 is 0 Å².